The number of hydrogen-bond donors (Lipinski definition) is 1. The van der Waals surface area contributed by atoms with Gasteiger partial charge in [-0.3, -0.25) is 4.79 Å². The number of carbonyl (C=O) groups excluding carboxylic acids is 1. The van der Waals surface area contributed by atoms with Gasteiger partial charge in [0.05, 0.1) is 6.04 Å². The Balaban J connectivity index is 1.54. The van der Waals surface area contributed by atoms with Crippen molar-refractivity contribution in [3.63, 3.8) is 0 Å². The molecule has 0 bridgehead atoms. The van der Waals surface area contributed by atoms with Crippen LogP contribution in [0.1, 0.15) is 43.7 Å². The van der Waals surface area contributed by atoms with Gasteiger partial charge in [0, 0.05) is 18.5 Å². The fourth-order valence-electron chi connectivity index (χ4n) is 4.12. The summed E-state index contributed by atoms with van der Waals surface area (Å²) in [5, 5.41) is 0. The second-order valence-electron chi connectivity index (χ2n) is 6.86. The van der Waals surface area contributed by atoms with Crippen molar-refractivity contribution < 1.29 is 14.3 Å². The minimum absolute atomic E-state index is 0.114. The monoisotopic (exact) mass is 316 g/mol. The van der Waals surface area contributed by atoms with Crippen molar-refractivity contribution in [2.75, 3.05) is 19.8 Å². The molecule has 1 saturated heterocycles. The Hall–Kier alpha value is -1.75. The number of nitrogens with zero attached hydrogens (tertiary/aromatic N) is 1. The molecule has 1 aliphatic carbocycles. The highest BCUT2D eigenvalue weighted by atomic mass is 16.6. The van der Waals surface area contributed by atoms with Crippen LogP contribution in [0.5, 0.6) is 11.5 Å². The van der Waals surface area contributed by atoms with Crippen molar-refractivity contribution in [2.24, 2.45) is 11.7 Å². The lowest BCUT2D eigenvalue weighted by atomic mass is 10.0. The fourth-order valence-corrected chi connectivity index (χ4v) is 4.12. The third-order valence-electron chi connectivity index (χ3n) is 5.31. The molecule has 23 heavy (non-hydrogen) atoms. The smallest absolute Gasteiger partial charge is 0.226 e. The van der Waals surface area contributed by atoms with Crippen molar-refractivity contribution >= 4 is 5.91 Å². The van der Waals surface area contributed by atoms with E-state index in [1.165, 1.54) is 0 Å². The lowest BCUT2D eigenvalue weighted by molar-refractivity contribution is -0.136. The van der Waals surface area contributed by atoms with E-state index in [4.69, 9.17) is 15.2 Å². The molecule has 1 amide bonds. The first kappa shape index (κ1) is 14.8. The van der Waals surface area contributed by atoms with E-state index < -0.39 is 0 Å². The van der Waals surface area contributed by atoms with Crippen LogP contribution in [0.3, 0.4) is 0 Å². The van der Waals surface area contributed by atoms with Crippen molar-refractivity contribution in [2.45, 2.75) is 44.2 Å². The Kier molecular flexibility index (Phi) is 3.89. The molecule has 2 N–H and O–H groups in total. The Morgan fingerprint density at radius 1 is 1.13 bits per heavy atom. The third-order valence-corrected chi connectivity index (χ3v) is 5.31. The summed E-state index contributed by atoms with van der Waals surface area (Å²) in [6.45, 7) is 2.04. The number of likely N-dealkylation sites (tertiary alicyclic amines) is 1. The summed E-state index contributed by atoms with van der Waals surface area (Å²) in [6.07, 6.45) is 4.82. The second kappa shape index (κ2) is 6.04. The SMILES string of the molecule is N[C@@H]1CC[C@@H](C(=O)N2CCC[C@H]2c2ccc3c(c2)OCCO3)C1. The van der Waals surface area contributed by atoms with Crippen LogP contribution in [-0.4, -0.2) is 36.6 Å². The summed E-state index contributed by atoms with van der Waals surface area (Å²) < 4.78 is 11.3. The van der Waals surface area contributed by atoms with E-state index in [1.54, 1.807) is 0 Å². The molecule has 1 aromatic rings. The molecule has 4 rings (SSSR count). The number of nitrogens with two attached hydrogens (primary N) is 1. The van der Waals surface area contributed by atoms with E-state index in [2.05, 4.69) is 11.0 Å². The number of carbonyl (C=O) groups is 1. The Morgan fingerprint density at radius 2 is 1.96 bits per heavy atom. The standard InChI is InChI=1S/C18H24N2O3/c19-14-5-3-13(10-14)18(21)20-7-1-2-15(20)12-4-6-16-17(11-12)23-9-8-22-16/h4,6,11,13-15H,1-3,5,7-10,19H2/t13-,14-,15+/m1/s1. The molecule has 3 aliphatic rings. The van der Waals surface area contributed by atoms with Crippen LogP contribution in [0.25, 0.3) is 0 Å². The summed E-state index contributed by atoms with van der Waals surface area (Å²) in [5.74, 6) is 2.01. The molecule has 2 fully saturated rings. The maximum Gasteiger partial charge on any atom is 0.226 e. The minimum atomic E-state index is 0.114. The molecule has 124 valence electrons. The van der Waals surface area contributed by atoms with Gasteiger partial charge in [-0.25, -0.2) is 0 Å². The van der Waals surface area contributed by atoms with Crippen molar-refractivity contribution in [3.8, 4) is 11.5 Å². The first-order chi connectivity index (χ1) is 11.2. The molecule has 2 aliphatic heterocycles. The molecule has 1 saturated carbocycles. The van der Waals surface area contributed by atoms with Gasteiger partial charge < -0.3 is 20.1 Å². The highest BCUT2D eigenvalue weighted by Crippen LogP contribution is 2.39. The van der Waals surface area contributed by atoms with E-state index >= 15 is 0 Å². The zero-order valence-corrected chi connectivity index (χ0v) is 13.4. The summed E-state index contributed by atoms with van der Waals surface area (Å²) in [7, 11) is 0. The first-order valence-corrected chi connectivity index (χ1v) is 8.68. The largest absolute Gasteiger partial charge is 0.486 e. The Bertz CT molecular complexity index is 604. The van der Waals surface area contributed by atoms with Crippen LogP contribution in [0, 0.1) is 5.92 Å². The zero-order valence-electron chi connectivity index (χ0n) is 13.4. The summed E-state index contributed by atoms with van der Waals surface area (Å²) in [6, 6.07) is 6.44. The number of fused-ring (bicyclic) bond motifs is 1. The summed E-state index contributed by atoms with van der Waals surface area (Å²) in [4.78, 5) is 14.9. The topological polar surface area (TPSA) is 64.8 Å². The van der Waals surface area contributed by atoms with Crippen molar-refractivity contribution in [1.82, 2.24) is 4.90 Å². The van der Waals surface area contributed by atoms with Gasteiger partial charge in [-0.2, -0.15) is 0 Å². The highest BCUT2D eigenvalue weighted by molar-refractivity contribution is 5.80. The molecule has 0 aromatic heterocycles. The van der Waals surface area contributed by atoms with Gasteiger partial charge in [0.2, 0.25) is 5.91 Å². The van der Waals surface area contributed by atoms with Crippen LogP contribution in [-0.2, 0) is 4.79 Å². The molecule has 5 heteroatoms. The van der Waals surface area contributed by atoms with Crippen LogP contribution < -0.4 is 15.2 Å². The quantitative estimate of drug-likeness (QED) is 0.909. The Morgan fingerprint density at radius 3 is 2.74 bits per heavy atom. The fraction of sp³-hybridized carbons (Fsp3) is 0.611. The van der Waals surface area contributed by atoms with Gasteiger partial charge in [-0.05, 0) is 49.8 Å². The molecule has 2 heterocycles. The molecular weight excluding hydrogens is 292 g/mol. The molecule has 5 nitrogen and oxygen atoms in total. The average Bonchev–Trinajstić information content (AvgIpc) is 3.23. The molecule has 3 atom stereocenters. The molecule has 1 aromatic carbocycles. The van der Waals surface area contributed by atoms with Crippen LogP contribution >= 0.6 is 0 Å². The predicted octanol–water partition coefficient (Wildman–Crippen LogP) is 2.25. The van der Waals surface area contributed by atoms with Gasteiger partial charge in [-0.15, -0.1) is 0 Å². The Labute approximate surface area is 136 Å². The number of ether oxygens (including phenoxy) is 2. The minimum Gasteiger partial charge on any atom is -0.486 e. The predicted molar refractivity (Wildman–Crippen MR) is 86.4 cm³/mol. The molecule has 0 unspecified atom stereocenters. The summed E-state index contributed by atoms with van der Waals surface area (Å²) in [5.41, 5.74) is 7.14. The summed E-state index contributed by atoms with van der Waals surface area (Å²) >= 11 is 0. The van der Waals surface area contributed by atoms with E-state index in [1.807, 2.05) is 12.1 Å². The van der Waals surface area contributed by atoms with E-state index in [9.17, 15) is 4.79 Å². The molecular formula is C18H24N2O3. The second-order valence-corrected chi connectivity index (χ2v) is 6.86. The number of hydrogen-bond acceptors (Lipinski definition) is 4. The van der Waals surface area contributed by atoms with Crippen LogP contribution in [0.15, 0.2) is 18.2 Å². The van der Waals surface area contributed by atoms with E-state index in [0.717, 1.165) is 55.7 Å². The number of rotatable bonds is 2. The normalized spacial score (nSPS) is 29.8. The average molecular weight is 316 g/mol. The maximum atomic E-state index is 12.9. The third kappa shape index (κ3) is 2.78. The lowest BCUT2D eigenvalue weighted by Crippen LogP contribution is -2.35. The molecule has 0 radical (unpaired) electrons. The van der Waals surface area contributed by atoms with Crippen molar-refractivity contribution in [1.29, 1.82) is 0 Å². The number of benzene rings is 1. The van der Waals surface area contributed by atoms with Gasteiger partial charge in [0.15, 0.2) is 11.5 Å². The number of amides is 1. The van der Waals surface area contributed by atoms with Crippen LogP contribution in [0.2, 0.25) is 0 Å². The van der Waals surface area contributed by atoms with E-state index in [0.29, 0.717) is 13.2 Å². The van der Waals surface area contributed by atoms with Gasteiger partial charge in [-0.1, -0.05) is 6.07 Å². The van der Waals surface area contributed by atoms with Gasteiger partial charge >= 0.3 is 0 Å². The molecule has 0 spiro atoms. The highest BCUT2D eigenvalue weighted by Gasteiger charge is 2.37. The van der Waals surface area contributed by atoms with Gasteiger partial charge in [0.1, 0.15) is 13.2 Å². The lowest BCUT2D eigenvalue weighted by Gasteiger charge is -2.29. The first-order valence-electron chi connectivity index (χ1n) is 8.68. The van der Waals surface area contributed by atoms with E-state index in [-0.39, 0.29) is 23.9 Å². The van der Waals surface area contributed by atoms with Crippen LogP contribution in [0.4, 0.5) is 0 Å². The zero-order chi connectivity index (χ0) is 15.8. The van der Waals surface area contributed by atoms with Crippen molar-refractivity contribution in [3.05, 3.63) is 23.8 Å². The maximum absolute atomic E-state index is 12.9. The van der Waals surface area contributed by atoms with Gasteiger partial charge in [0.25, 0.3) is 0 Å².